The first-order chi connectivity index (χ1) is 11.3. The third-order valence-electron chi connectivity index (χ3n) is 5.89. The van der Waals surface area contributed by atoms with Gasteiger partial charge in [0.1, 0.15) is 0 Å². The molecule has 5 nitrogen and oxygen atoms in total. The molecule has 0 bridgehead atoms. The van der Waals surface area contributed by atoms with E-state index in [1.807, 2.05) is 4.90 Å². The Bertz CT molecular complexity index is 366. The highest BCUT2D eigenvalue weighted by Gasteiger charge is 2.37. The minimum absolute atomic E-state index is 0.113. The SMILES string of the molecule is O=C(NCCCOCC1CCOC1)N1CCC2(CCCC2)CC1. The molecule has 0 aromatic carbocycles. The number of carbonyl (C=O) groups is 1. The summed E-state index contributed by atoms with van der Waals surface area (Å²) in [4.78, 5) is 14.2. The zero-order valence-electron chi connectivity index (χ0n) is 14.4. The fourth-order valence-electron chi connectivity index (χ4n) is 4.26. The van der Waals surface area contributed by atoms with Crippen LogP contribution in [0.5, 0.6) is 0 Å². The van der Waals surface area contributed by atoms with E-state index in [9.17, 15) is 4.79 Å². The van der Waals surface area contributed by atoms with Crippen LogP contribution in [0, 0.1) is 11.3 Å². The van der Waals surface area contributed by atoms with E-state index in [0.717, 1.165) is 52.4 Å². The number of carbonyl (C=O) groups excluding carboxylic acids is 1. The van der Waals surface area contributed by atoms with Crippen LogP contribution >= 0.6 is 0 Å². The van der Waals surface area contributed by atoms with Crippen LogP contribution in [0.2, 0.25) is 0 Å². The maximum absolute atomic E-state index is 12.2. The van der Waals surface area contributed by atoms with E-state index in [1.165, 1.54) is 38.5 Å². The van der Waals surface area contributed by atoms with Crippen molar-refractivity contribution in [2.45, 2.75) is 51.4 Å². The van der Waals surface area contributed by atoms with Crippen molar-refractivity contribution in [3.8, 4) is 0 Å². The summed E-state index contributed by atoms with van der Waals surface area (Å²) in [5.41, 5.74) is 0.578. The van der Waals surface area contributed by atoms with Crippen LogP contribution in [-0.4, -0.2) is 57.0 Å². The molecule has 23 heavy (non-hydrogen) atoms. The molecular formula is C18H32N2O3. The molecule has 132 valence electrons. The molecule has 1 unspecified atom stereocenters. The quantitative estimate of drug-likeness (QED) is 0.764. The first-order valence-corrected chi connectivity index (χ1v) is 9.46. The minimum Gasteiger partial charge on any atom is -0.381 e. The number of hydrogen-bond donors (Lipinski definition) is 1. The van der Waals surface area contributed by atoms with Gasteiger partial charge in [-0.3, -0.25) is 0 Å². The van der Waals surface area contributed by atoms with Gasteiger partial charge in [-0.2, -0.15) is 0 Å². The van der Waals surface area contributed by atoms with Gasteiger partial charge in [0.2, 0.25) is 0 Å². The lowest BCUT2D eigenvalue weighted by Crippen LogP contribution is -2.47. The van der Waals surface area contributed by atoms with Crippen LogP contribution in [0.3, 0.4) is 0 Å². The van der Waals surface area contributed by atoms with Gasteiger partial charge >= 0.3 is 6.03 Å². The summed E-state index contributed by atoms with van der Waals surface area (Å²) >= 11 is 0. The van der Waals surface area contributed by atoms with Crippen LogP contribution in [0.15, 0.2) is 0 Å². The van der Waals surface area contributed by atoms with E-state index in [0.29, 0.717) is 17.9 Å². The Morgan fingerprint density at radius 1 is 1.22 bits per heavy atom. The fraction of sp³-hybridized carbons (Fsp3) is 0.944. The summed E-state index contributed by atoms with van der Waals surface area (Å²) in [6.45, 7) is 5.81. The normalized spacial score (nSPS) is 26.8. The van der Waals surface area contributed by atoms with Gasteiger partial charge in [0.05, 0.1) is 13.2 Å². The molecule has 1 saturated carbocycles. The predicted octanol–water partition coefficient (Wildman–Crippen LogP) is 2.80. The number of nitrogens with zero attached hydrogens (tertiary/aromatic N) is 1. The number of amides is 2. The number of rotatable bonds is 6. The smallest absolute Gasteiger partial charge is 0.317 e. The summed E-state index contributed by atoms with van der Waals surface area (Å²) in [6.07, 6.45) is 9.94. The lowest BCUT2D eigenvalue weighted by atomic mass is 9.77. The van der Waals surface area contributed by atoms with E-state index in [1.54, 1.807) is 0 Å². The standard InChI is InChI=1S/C18H32N2O3/c21-17(19-9-3-12-22-14-16-4-13-23-15-16)20-10-7-18(8-11-20)5-1-2-6-18/h16H,1-15H2,(H,19,21). The number of ether oxygens (including phenoxy) is 2. The van der Waals surface area contributed by atoms with Gasteiger partial charge < -0.3 is 19.7 Å². The highest BCUT2D eigenvalue weighted by Crippen LogP contribution is 2.46. The van der Waals surface area contributed by atoms with Crippen molar-refractivity contribution in [2.24, 2.45) is 11.3 Å². The molecule has 2 saturated heterocycles. The monoisotopic (exact) mass is 324 g/mol. The topological polar surface area (TPSA) is 50.8 Å². The molecular weight excluding hydrogens is 292 g/mol. The average molecular weight is 324 g/mol. The average Bonchev–Trinajstić information content (AvgIpc) is 3.24. The molecule has 3 aliphatic rings. The highest BCUT2D eigenvalue weighted by molar-refractivity contribution is 5.74. The Balaban J connectivity index is 1.22. The predicted molar refractivity (Wildman–Crippen MR) is 89.5 cm³/mol. The number of piperidine rings is 1. The van der Waals surface area contributed by atoms with E-state index in [2.05, 4.69) is 5.32 Å². The Hall–Kier alpha value is -0.810. The second kappa shape index (κ2) is 8.34. The van der Waals surface area contributed by atoms with E-state index in [4.69, 9.17) is 9.47 Å². The summed E-state index contributed by atoms with van der Waals surface area (Å²) in [5.74, 6) is 0.570. The van der Waals surface area contributed by atoms with Gasteiger partial charge in [0.15, 0.2) is 0 Å². The summed E-state index contributed by atoms with van der Waals surface area (Å²) in [7, 11) is 0. The molecule has 5 heteroatoms. The third-order valence-corrected chi connectivity index (χ3v) is 5.89. The van der Waals surface area contributed by atoms with E-state index < -0.39 is 0 Å². The number of likely N-dealkylation sites (tertiary alicyclic amines) is 1. The van der Waals surface area contributed by atoms with Crippen molar-refractivity contribution in [3.05, 3.63) is 0 Å². The number of hydrogen-bond acceptors (Lipinski definition) is 3. The molecule has 1 N–H and O–H groups in total. The Morgan fingerprint density at radius 3 is 2.70 bits per heavy atom. The first kappa shape index (κ1) is 17.0. The molecule has 0 aromatic heterocycles. The van der Waals surface area contributed by atoms with Crippen LogP contribution in [0.4, 0.5) is 4.79 Å². The van der Waals surface area contributed by atoms with E-state index in [-0.39, 0.29) is 6.03 Å². The van der Waals surface area contributed by atoms with Gasteiger partial charge in [0, 0.05) is 38.8 Å². The van der Waals surface area contributed by atoms with Crippen LogP contribution in [-0.2, 0) is 9.47 Å². The molecule has 2 heterocycles. The Labute approximate surface area is 140 Å². The largest absolute Gasteiger partial charge is 0.381 e. The summed E-state index contributed by atoms with van der Waals surface area (Å²) < 4.78 is 11.0. The molecule has 2 amide bonds. The van der Waals surface area contributed by atoms with Crippen molar-refractivity contribution in [1.82, 2.24) is 10.2 Å². The van der Waals surface area contributed by atoms with Gasteiger partial charge in [0.25, 0.3) is 0 Å². The lowest BCUT2D eigenvalue weighted by molar-refractivity contribution is 0.0877. The fourth-order valence-corrected chi connectivity index (χ4v) is 4.26. The number of nitrogens with one attached hydrogen (secondary N) is 1. The molecule has 0 aromatic rings. The lowest BCUT2D eigenvalue weighted by Gasteiger charge is -2.39. The van der Waals surface area contributed by atoms with Crippen molar-refractivity contribution in [1.29, 1.82) is 0 Å². The maximum Gasteiger partial charge on any atom is 0.317 e. The molecule has 1 aliphatic carbocycles. The van der Waals surface area contributed by atoms with Crippen molar-refractivity contribution in [2.75, 3.05) is 46.1 Å². The molecule has 1 spiro atoms. The second-order valence-electron chi connectivity index (χ2n) is 7.58. The second-order valence-corrected chi connectivity index (χ2v) is 7.58. The van der Waals surface area contributed by atoms with Gasteiger partial charge in [-0.1, -0.05) is 12.8 Å². The van der Waals surface area contributed by atoms with Gasteiger partial charge in [-0.25, -0.2) is 4.79 Å². The van der Waals surface area contributed by atoms with E-state index >= 15 is 0 Å². The van der Waals surface area contributed by atoms with Crippen molar-refractivity contribution >= 4 is 6.03 Å². The zero-order chi connectivity index (χ0) is 16.0. The van der Waals surface area contributed by atoms with Crippen molar-refractivity contribution < 1.29 is 14.3 Å². The van der Waals surface area contributed by atoms with Crippen LogP contribution in [0.25, 0.3) is 0 Å². The molecule has 1 atom stereocenters. The van der Waals surface area contributed by atoms with Crippen molar-refractivity contribution in [3.63, 3.8) is 0 Å². The first-order valence-electron chi connectivity index (χ1n) is 9.46. The maximum atomic E-state index is 12.2. The zero-order valence-corrected chi connectivity index (χ0v) is 14.4. The summed E-state index contributed by atoms with van der Waals surface area (Å²) in [5, 5.41) is 3.04. The molecule has 3 rings (SSSR count). The molecule has 3 fully saturated rings. The Morgan fingerprint density at radius 2 is 2.00 bits per heavy atom. The highest BCUT2D eigenvalue weighted by atomic mass is 16.5. The summed E-state index contributed by atoms with van der Waals surface area (Å²) in [6, 6.07) is 0.113. The minimum atomic E-state index is 0.113. The Kier molecular flexibility index (Phi) is 6.17. The molecule has 2 aliphatic heterocycles. The van der Waals surface area contributed by atoms with Gasteiger partial charge in [-0.15, -0.1) is 0 Å². The third kappa shape index (κ3) is 4.83. The van der Waals surface area contributed by atoms with Gasteiger partial charge in [-0.05, 0) is 43.9 Å². The number of urea groups is 1. The van der Waals surface area contributed by atoms with Crippen LogP contribution in [0.1, 0.15) is 51.4 Å². The molecule has 0 radical (unpaired) electrons. The van der Waals surface area contributed by atoms with Crippen LogP contribution < -0.4 is 5.32 Å².